The molecule has 1 aromatic heterocycles. The minimum atomic E-state index is 0.270. The number of hydrogen-bond acceptors (Lipinski definition) is 5. The molecule has 108 valence electrons. The van der Waals surface area contributed by atoms with Crippen molar-refractivity contribution >= 4 is 11.6 Å². The van der Waals surface area contributed by atoms with E-state index in [0.29, 0.717) is 12.5 Å². The summed E-state index contributed by atoms with van der Waals surface area (Å²) in [6, 6.07) is 1.94. The van der Waals surface area contributed by atoms with Gasteiger partial charge in [0, 0.05) is 19.2 Å². The van der Waals surface area contributed by atoms with Crippen molar-refractivity contribution in [3.05, 3.63) is 12.4 Å². The van der Waals surface area contributed by atoms with Crippen LogP contribution in [0.25, 0.3) is 0 Å². The minimum absolute atomic E-state index is 0.270. The molecular formula is C14H27N5. The molecule has 5 nitrogen and oxygen atoms in total. The Morgan fingerprint density at radius 2 is 1.89 bits per heavy atom. The molecule has 19 heavy (non-hydrogen) atoms. The Balaban J connectivity index is 2.52. The summed E-state index contributed by atoms with van der Waals surface area (Å²) >= 11 is 0. The van der Waals surface area contributed by atoms with Crippen LogP contribution in [0.4, 0.5) is 11.6 Å². The average molecular weight is 265 g/mol. The van der Waals surface area contributed by atoms with Gasteiger partial charge in [-0.3, -0.25) is 0 Å². The zero-order valence-electron chi connectivity index (χ0n) is 12.5. The minimum Gasteiger partial charge on any atom is -0.370 e. The summed E-state index contributed by atoms with van der Waals surface area (Å²) in [5, 5.41) is 6.64. The predicted octanol–water partition coefficient (Wildman–Crippen LogP) is 2.33. The van der Waals surface area contributed by atoms with Gasteiger partial charge >= 0.3 is 0 Å². The Bertz CT molecular complexity index is 378. The van der Waals surface area contributed by atoms with Gasteiger partial charge in [-0.05, 0) is 24.3 Å². The van der Waals surface area contributed by atoms with Gasteiger partial charge in [-0.15, -0.1) is 0 Å². The van der Waals surface area contributed by atoms with Crippen LogP contribution in [0.15, 0.2) is 12.4 Å². The second-order valence-electron chi connectivity index (χ2n) is 5.88. The highest BCUT2D eigenvalue weighted by Gasteiger charge is 2.14. The van der Waals surface area contributed by atoms with Gasteiger partial charge in [-0.1, -0.05) is 27.7 Å². The number of hydrogen-bond donors (Lipinski definition) is 3. The third-order valence-corrected chi connectivity index (χ3v) is 3.41. The molecular weight excluding hydrogens is 238 g/mol. The number of aromatic nitrogens is 2. The average Bonchev–Trinajstić information content (AvgIpc) is 2.43. The van der Waals surface area contributed by atoms with Crippen LogP contribution in [-0.2, 0) is 0 Å². The van der Waals surface area contributed by atoms with E-state index < -0.39 is 0 Å². The first-order valence-electron chi connectivity index (χ1n) is 6.96. The lowest BCUT2D eigenvalue weighted by molar-refractivity contribution is 0.376. The molecule has 0 amide bonds. The SMILES string of the molecule is CCC(C)(C)CNc1cc(NCC(C)CN)ncn1. The highest BCUT2D eigenvalue weighted by molar-refractivity contribution is 5.46. The van der Waals surface area contributed by atoms with Crippen LogP contribution in [0.5, 0.6) is 0 Å². The molecule has 0 aliphatic rings. The van der Waals surface area contributed by atoms with E-state index in [1.807, 2.05) is 6.07 Å². The highest BCUT2D eigenvalue weighted by atomic mass is 15.1. The van der Waals surface area contributed by atoms with E-state index in [9.17, 15) is 0 Å². The lowest BCUT2D eigenvalue weighted by Crippen LogP contribution is -2.23. The first-order chi connectivity index (χ1) is 8.96. The van der Waals surface area contributed by atoms with Gasteiger partial charge in [0.25, 0.3) is 0 Å². The molecule has 0 aromatic carbocycles. The third kappa shape index (κ3) is 5.87. The lowest BCUT2D eigenvalue weighted by atomic mass is 9.90. The molecule has 1 heterocycles. The molecule has 0 saturated carbocycles. The molecule has 1 unspecified atom stereocenters. The van der Waals surface area contributed by atoms with Crippen molar-refractivity contribution in [2.24, 2.45) is 17.1 Å². The van der Waals surface area contributed by atoms with E-state index in [1.54, 1.807) is 6.33 Å². The van der Waals surface area contributed by atoms with Crippen molar-refractivity contribution in [1.29, 1.82) is 0 Å². The molecule has 5 heteroatoms. The van der Waals surface area contributed by atoms with Crippen LogP contribution in [0.1, 0.15) is 34.1 Å². The Kier molecular flexibility index (Phi) is 6.02. The van der Waals surface area contributed by atoms with E-state index in [0.717, 1.165) is 31.1 Å². The van der Waals surface area contributed by atoms with Crippen molar-refractivity contribution in [1.82, 2.24) is 9.97 Å². The van der Waals surface area contributed by atoms with Gasteiger partial charge < -0.3 is 16.4 Å². The van der Waals surface area contributed by atoms with Gasteiger partial charge in [0.1, 0.15) is 18.0 Å². The molecule has 0 aliphatic heterocycles. The van der Waals surface area contributed by atoms with Crippen molar-refractivity contribution in [2.75, 3.05) is 30.3 Å². The summed E-state index contributed by atoms with van der Waals surface area (Å²) in [5.41, 5.74) is 5.86. The Labute approximate surface area is 116 Å². The molecule has 0 aliphatic carbocycles. The van der Waals surface area contributed by atoms with Crippen molar-refractivity contribution in [3.8, 4) is 0 Å². The van der Waals surface area contributed by atoms with Gasteiger partial charge in [0.2, 0.25) is 0 Å². The van der Waals surface area contributed by atoms with Crippen molar-refractivity contribution in [3.63, 3.8) is 0 Å². The van der Waals surface area contributed by atoms with E-state index in [2.05, 4.69) is 48.3 Å². The summed E-state index contributed by atoms with van der Waals surface area (Å²) in [5.74, 6) is 2.14. The standard InChI is InChI=1S/C14H27N5/c1-5-14(3,4)9-17-13-6-12(18-10-19-13)16-8-11(2)7-15/h6,10-11H,5,7-9,15H2,1-4H3,(H2,16,17,18,19). The first-order valence-corrected chi connectivity index (χ1v) is 6.96. The van der Waals surface area contributed by atoms with Gasteiger partial charge in [-0.25, -0.2) is 9.97 Å². The van der Waals surface area contributed by atoms with Crippen molar-refractivity contribution in [2.45, 2.75) is 34.1 Å². The number of nitrogens with zero attached hydrogens (tertiary/aromatic N) is 2. The number of rotatable bonds is 8. The zero-order chi connectivity index (χ0) is 14.3. The number of nitrogens with one attached hydrogen (secondary N) is 2. The van der Waals surface area contributed by atoms with Crippen LogP contribution >= 0.6 is 0 Å². The molecule has 0 bridgehead atoms. The molecule has 0 saturated heterocycles. The smallest absolute Gasteiger partial charge is 0.131 e. The Morgan fingerprint density at radius 1 is 1.26 bits per heavy atom. The van der Waals surface area contributed by atoms with Crippen LogP contribution in [-0.4, -0.2) is 29.6 Å². The summed E-state index contributed by atoms with van der Waals surface area (Å²) in [7, 11) is 0. The van der Waals surface area contributed by atoms with Gasteiger partial charge in [0.05, 0.1) is 0 Å². The summed E-state index contributed by atoms with van der Waals surface area (Å²) in [6.45, 7) is 11.2. The van der Waals surface area contributed by atoms with E-state index in [-0.39, 0.29) is 5.41 Å². The normalized spacial score (nSPS) is 13.1. The monoisotopic (exact) mass is 265 g/mol. The maximum atomic E-state index is 5.59. The topological polar surface area (TPSA) is 75.9 Å². The van der Waals surface area contributed by atoms with E-state index in [1.165, 1.54) is 0 Å². The first kappa shape index (κ1) is 15.7. The Morgan fingerprint density at radius 3 is 2.47 bits per heavy atom. The predicted molar refractivity (Wildman–Crippen MR) is 81.3 cm³/mol. The van der Waals surface area contributed by atoms with E-state index in [4.69, 9.17) is 5.73 Å². The lowest BCUT2D eigenvalue weighted by Gasteiger charge is -2.23. The molecule has 1 atom stereocenters. The summed E-state index contributed by atoms with van der Waals surface area (Å²) < 4.78 is 0. The second kappa shape index (κ2) is 7.28. The largest absolute Gasteiger partial charge is 0.370 e. The fourth-order valence-electron chi connectivity index (χ4n) is 1.37. The molecule has 0 spiro atoms. The van der Waals surface area contributed by atoms with Crippen LogP contribution in [0.3, 0.4) is 0 Å². The number of anilines is 2. The van der Waals surface area contributed by atoms with Crippen LogP contribution in [0, 0.1) is 11.3 Å². The maximum Gasteiger partial charge on any atom is 0.131 e. The van der Waals surface area contributed by atoms with Crippen LogP contribution in [0.2, 0.25) is 0 Å². The van der Waals surface area contributed by atoms with Gasteiger partial charge in [-0.2, -0.15) is 0 Å². The molecule has 0 fully saturated rings. The summed E-state index contributed by atoms with van der Waals surface area (Å²) in [4.78, 5) is 8.44. The Hall–Kier alpha value is -1.36. The molecule has 4 N–H and O–H groups in total. The number of nitrogens with two attached hydrogens (primary N) is 1. The molecule has 0 radical (unpaired) electrons. The molecule has 1 rings (SSSR count). The summed E-state index contributed by atoms with van der Waals surface area (Å²) in [6.07, 6.45) is 2.71. The fourth-order valence-corrected chi connectivity index (χ4v) is 1.37. The van der Waals surface area contributed by atoms with Crippen LogP contribution < -0.4 is 16.4 Å². The second-order valence-corrected chi connectivity index (χ2v) is 5.88. The van der Waals surface area contributed by atoms with E-state index >= 15 is 0 Å². The quantitative estimate of drug-likeness (QED) is 0.672. The van der Waals surface area contributed by atoms with Gasteiger partial charge in [0.15, 0.2) is 0 Å². The fraction of sp³-hybridized carbons (Fsp3) is 0.714. The molecule has 1 aromatic rings. The van der Waals surface area contributed by atoms with Crippen molar-refractivity contribution < 1.29 is 0 Å². The third-order valence-electron chi connectivity index (χ3n) is 3.41. The maximum absolute atomic E-state index is 5.59. The highest BCUT2D eigenvalue weighted by Crippen LogP contribution is 2.20. The zero-order valence-corrected chi connectivity index (χ0v) is 12.5.